The highest BCUT2D eigenvalue weighted by atomic mass is 16.6. The number of ether oxygens (including phenoxy) is 3. The molecule has 1 saturated heterocycles. The quantitative estimate of drug-likeness (QED) is 0.0102. The molecule has 0 bridgehead atoms. The molecule has 6 amide bonds. The number of carbonyl (C=O) groups is 9. The van der Waals surface area contributed by atoms with Crippen molar-refractivity contribution in [3.8, 4) is 34.5 Å². The molecule has 24 N–H and O–H groups in total. The molecule has 0 unspecified atom stereocenters. The molecule has 3 aromatic carbocycles. The molecule has 0 aliphatic carbocycles. The third kappa shape index (κ3) is 19.1. The van der Waals surface area contributed by atoms with Crippen LogP contribution in [0.15, 0.2) is 69.6 Å². The van der Waals surface area contributed by atoms with Crippen LogP contribution in [-0.4, -0.2) is 176 Å². The smallest absolute Gasteiger partial charge is 0.332 e. The SMILES string of the molecule is C[C@H]1OC(=O)[C@@H](NC(=O)[C@H](CCCN=C(N)N)NC(=O)c2cccc(O)c2O)[C@@H](C)OC(=O)[C@@H](NC(=O)[C@H](CCCN=C(N)N)NC(=O)c2cccc(O)c2O)[C@@H](C)OC(=O)[C@H]1NC(=O)[C@H](CCCN=C(N)N)NC(=O)c1cccc(O)c1O. The van der Waals surface area contributed by atoms with E-state index in [1.54, 1.807) is 0 Å². The van der Waals surface area contributed by atoms with Gasteiger partial charge in [-0.1, -0.05) is 18.2 Å². The molecule has 33 heteroatoms. The van der Waals surface area contributed by atoms with E-state index in [0.29, 0.717) is 0 Å². The number of cyclic esters (lactones) is 3. The molecular weight excluding hydrogens is 1110 g/mol. The Morgan fingerprint density at radius 2 is 0.679 bits per heavy atom. The van der Waals surface area contributed by atoms with Crippen LogP contribution in [-0.2, 0) is 43.0 Å². The Bertz CT molecular complexity index is 2690. The number of carbonyl (C=O) groups excluding carboxylic acids is 9. The lowest BCUT2D eigenvalue weighted by Crippen LogP contribution is -2.61. The molecule has 4 rings (SSSR count). The molecule has 9 atom stereocenters. The van der Waals surface area contributed by atoms with Crippen molar-refractivity contribution >= 4 is 71.2 Å². The highest BCUT2D eigenvalue weighted by molar-refractivity contribution is 6.03. The van der Waals surface area contributed by atoms with Crippen LogP contribution >= 0.6 is 0 Å². The Morgan fingerprint density at radius 1 is 0.440 bits per heavy atom. The Morgan fingerprint density at radius 3 is 0.905 bits per heavy atom. The van der Waals surface area contributed by atoms with Crippen molar-refractivity contribution in [2.75, 3.05) is 19.6 Å². The second-order valence-corrected chi connectivity index (χ2v) is 18.8. The zero-order chi connectivity index (χ0) is 62.5. The van der Waals surface area contributed by atoms with E-state index in [2.05, 4.69) is 46.9 Å². The maximum atomic E-state index is 14.5. The predicted octanol–water partition coefficient (Wildman–Crippen LogP) is -3.96. The number of aromatic hydroxyl groups is 6. The Labute approximate surface area is 478 Å². The standard InChI is InChI=1S/C51H69N15O18/c1-22-34(64-43(76)28(13-7-19-58-49(52)53)61-40(73)25-10-4-16-31(67)37(25)70)46(79)83-24(3)36(66-45(78)30(15-9-21-60-51(56)57)63-42(75)27-12-6-18-33(69)39(27)72)48(81)84-23(2)35(47(80)82-22)65-44(77)29(14-8-20-59-50(54)55)62-41(74)26-11-5-17-32(68)38(26)71/h4-6,10-12,16-18,22-24,28-30,34-36,67-72H,7-9,13-15,19-21H2,1-3H3,(H,61,73)(H,62,74)(H,63,75)(H,64,76)(H,65,77)(H,66,78)(H4,52,53,58)(H4,54,55,59)(H4,56,57,60)/t22-,23-,24-,28+,29+,30+,34+,35+,36+/m1/s1. The van der Waals surface area contributed by atoms with Crippen molar-refractivity contribution in [2.45, 2.75) is 114 Å². The maximum Gasteiger partial charge on any atom is 0.332 e. The van der Waals surface area contributed by atoms with Crippen LogP contribution in [0.1, 0.15) is 90.4 Å². The van der Waals surface area contributed by atoms with Crippen molar-refractivity contribution in [1.29, 1.82) is 0 Å². The number of para-hydroxylation sites is 3. The van der Waals surface area contributed by atoms with E-state index in [-0.39, 0.29) is 76.0 Å². The lowest BCUT2D eigenvalue weighted by molar-refractivity contribution is -0.175. The molecule has 1 heterocycles. The Hall–Kier alpha value is -10.5. The van der Waals surface area contributed by atoms with Gasteiger partial charge in [-0.3, -0.25) is 43.7 Å². The van der Waals surface area contributed by atoms with Crippen molar-refractivity contribution in [3.05, 3.63) is 71.3 Å². The minimum absolute atomic E-state index is 0.0167. The van der Waals surface area contributed by atoms with E-state index in [1.165, 1.54) is 18.2 Å². The maximum absolute atomic E-state index is 14.5. The molecule has 0 radical (unpaired) electrons. The van der Waals surface area contributed by atoms with Crippen LogP contribution in [0.25, 0.3) is 0 Å². The second-order valence-electron chi connectivity index (χ2n) is 18.8. The van der Waals surface area contributed by atoms with E-state index < -0.39 is 159 Å². The molecule has 0 aromatic heterocycles. The zero-order valence-electron chi connectivity index (χ0n) is 45.6. The summed E-state index contributed by atoms with van der Waals surface area (Å²) in [5, 5.41) is 75.9. The highest BCUT2D eigenvalue weighted by Gasteiger charge is 2.43. The van der Waals surface area contributed by atoms with Gasteiger partial charge in [0.2, 0.25) is 17.7 Å². The number of hydrogen-bond donors (Lipinski definition) is 18. The summed E-state index contributed by atoms with van der Waals surface area (Å²) in [4.78, 5) is 139. The van der Waals surface area contributed by atoms with Crippen LogP contribution in [0.2, 0.25) is 0 Å². The molecule has 1 aliphatic rings. The first-order chi connectivity index (χ1) is 39.6. The third-order valence-corrected chi connectivity index (χ3v) is 12.4. The van der Waals surface area contributed by atoms with Crippen molar-refractivity contribution in [2.24, 2.45) is 49.4 Å². The number of nitrogens with zero attached hydrogens (tertiary/aromatic N) is 3. The third-order valence-electron chi connectivity index (χ3n) is 12.4. The summed E-state index contributed by atoms with van der Waals surface area (Å²) in [7, 11) is 0. The van der Waals surface area contributed by atoms with Gasteiger partial charge in [0.25, 0.3) is 17.7 Å². The van der Waals surface area contributed by atoms with Gasteiger partial charge in [0, 0.05) is 19.6 Å². The number of guanidine groups is 3. The van der Waals surface area contributed by atoms with Gasteiger partial charge in [0.05, 0.1) is 16.7 Å². The molecule has 3 aromatic rings. The average Bonchev–Trinajstić information content (AvgIpc) is 3.61. The van der Waals surface area contributed by atoms with Crippen LogP contribution in [0.4, 0.5) is 0 Å². The van der Waals surface area contributed by atoms with Gasteiger partial charge in [0.15, 0.2) is 70.5 Å². The van der Waals surface area contributed by atoms with Gasteiger partial charge in [0.1, 0.15) is 36.4 Å². The summed E-state index contributed by atoms with van der Waals surface area (Å²) < 4.78 is 17.1. The minimum Gasteiger partial charge on any atom is -0.504 e. The summed E-state index contributed by atoms with van der Waals surface area (Å²) >= 11 is 0. The lowest BCUT2D eigenvalue weighted by atomic mass is 10.0. The number of phenolic OH excluding ortho intramolecular Hbond substituents is 6. The van der Waals surface area contributed by atoms with Gasteiger partial charge in [-0.05, 0) is 95.7 Å². The number of hydrogen-bond acceptors (Lipinski definition) is 21. The van der Waals surface area contributed by atoms with E-state index in [1.807, 2.05) is 0 Å². The zero-order valence-corrected chi connectivity index (χ0v) is 45.6. The van der Waals surface area contributed by atoms with Gasteiger partial charge in [-0.15, -0.1) is 0 Å². The molecule has 33 nitrogen and oxygen atoms in total. The first kappa shape index (κ1) is 66.0. The van der Waals surface area contributed by atoms with E-state index in [9.17, 15) is 73.8 Å². The Balaban J connectivity index is 1.82. The van der Waals surface area contributed by atoms with Crippen molar-refractivity contribution in [1.82, 2.24) is 31.9 Å². The van der Waals surface area contributed by atoms with Gasteiger partial charge in [-0.2, -0.15) is 0 Å². The fourth-order valence-corrected chi connectivity index (χ4v) is 8.01. The number of esters is 3. The summed E-state index contributed by atoms with van der Waals surface area (Å²) in [6, 6.07) is -0.985. The van der Waals surface area contributed by atoms with Crippen LogP contribution < -0.4 is 66.3 Å². The monoisotopic (exact) mass is 1180 g/mol. The molecule has 0 spiro atoms. The normalized spacial score (nSPS) is 19.0. The van der Waals surface area contributed by atoms with Gasteiger partial charge < -0.3 is 111 Å². The molecule has 0 saturated carbocycles. The fraction of sp³-hybridized carbons (Fsp3) is 0.412. The molecule has 84 heavy (non-hydrogen) atoms. The number of nitrogens with two attached hydrogens (primary N) is 6. The molecule has 1 aliphatic heterocycles. The number of rotatable bonds is 24. The van der Waals surface area contributed by atoms with E-state index >= 15 is 0 Å². The van der Waals surface area contributed by atoms with Crippen LogP contribution in [0.3, 0.4) is 0 Å². The second kappa shape index (κ2) is 30.9. The van der Waals surface area contributed by atoms with Crippen LogP contribution in [0.5, 0.6) is 34.5 Å². The van der Waals surface area contributed by atoms with Crippen LogP contribution in [0, 0.1) is 0 Å². The number of aliphatic imine (C=N–C) groups is 3. The molecular formula is C51H69N15O18. The van der Waals surface area contributed by atoms with Crippen molar-refractivity contribution < 1.29 is 88.0 Å². The van der Waals surface area contributed by atoms with Gasteiger partial charge >= 0.3 is 17.9 Å². The average molecular weight is 1180 g/mol. The number of phenols is 6. The molecule has 456 valence electrons. The predicted molar refractivity (Wildman–Crippen MR) is 295 cm³/mol. The lowest BCUT2D eigenvalue weighted by Gasteiger charge is -2.33. The number of benzene rings is 3. The largest absolute Gasteiger partial charge is 0.504 e. The highest BCUT2D eigenvalue weighted by Crippen LogP contribution is 2.30. The summed E-state index contributed by atoms with van der Waals surface area (Å²) in [6.45, 7) is 3.01. The minimum atomic E-state index is -2.11. The topological polar surface area (TPSA) is 568 Å². The Kier molecular flexibility index (Phi) is 24.3. The first-order valence-corrected chi connectivity index (χ1v) is 25.8. The molecule has 1 fully saturated rings. The van der Waals surface area contributed by atoms with E-state index in [4.69, 9.17) is 48.6 Å². The van der Waals surface area contributed by atoms with Crippen molar-refractivity contribution in [3.63, 3.8) is 0 Å². The number of nitrogens with one attached hydrogen (secondary N) is 6. The van der Waals surface area contributed by atoms with E-state index in [0.717, 1.165) is 57.2 Å². The summed E-state index contributed by atoms with van der Waals surface area (Å²) in [5.41, 5.74) is 31.3. The fourth-order valence-electron chi connectivity index (χ4n) is 8.01. The summed E-state index contributed by atoms with van der Waals surface area (Å²) in [6.07, 6.45) is -6.38. The van der Waals surface area contributed by atoms with Gasteiger partial charge in [-0.25, -0.2) is 14.4 Å². The first-order valence-electron chi connectivity index (χ1n) is 25.8. The number of amides is 6. The summed E-state index contributed by atoms with van der Waals surface area (Å²) in [5.74, 6) is -16.8.